The third kappa shape index (κ3) is 3.19. The van der Waals surface area contributed by atoms with Gasteiger partial charge in [-0.15, -0.1) is 0 Å². The molecule has 1 amide bonds. The number of pyridine rings is 2. The topological polar surface area (TPSA) is 75.9 Å². The predicted octanol–water partition coefficient (Wildman–Crippen LogP) is 2.50. The van der Waals surface area contributed by atoms with Crippen LogP contribution >= 0.6 is 0 Å². The zero-order valence-corrected chi connectivity index (χ0v) is 15.9. The van der Waals surface area contributed by atoms with Crippen LogP contribution in [-0.2, 0) is 0 Å². The lowest BCUT2D eigenvalue weighted by molar-refractivity contribution is 0.0636. The lowest BCUT2D eigenvalue weighted by atomic mass is 10.0. The molecule has 27 heavy (non-hydrogen) atoms. The first-order chi connectivity index (χ1) is 13.1. The molecule has 4 rings (SSSR count). The molecule has 1 aliphatic heterocycles. The molecule has 7 nitrogen and oxygen atoms in total. The standard InChI is InChI=1S/C20H24N6O/c1-13(2)26-19-17(11-23-26)16(9-14(3)24-19)20(27)25-8-7-22-12-18(25)15-5-4-6-21-10-15/h4-6,9-11,13,18,22H,7-8,12H2,1-3H3. The number of aromatic nitrogens is 4. The summed E-state index contributed by atoms with van der Waals surface area (Å²) in [5.74, 6) is 0.0177. The van der Waals surface area contributed by atoms with E-state index >= 15 is 0 Å². The smallest absolute Gasteiger partial charge is 0.255 e. The lowest BCUT2D eigenvalue weighted by Crippen LogP contribution is -2.48. The van der Waals surface area contributed by atoms with Crippen molar-refractivity contribution in [3.8, 4) is 0 Å². The molecule has 1 fully saturated rings. The normalized spacial score (nSPS) is 17.6. The number of aryl methyl sites for hydroxylation is 1. The van der Waals surface area contributed by atoms with Crippen LogP contribution in [0.2, 0.25) is 0 Å². The number of rotatable bonds is 3. The Balaban J connectivity index is 1.77. The van der Waals surface area contributed by atoms with Crippen molar-refractivity contribution in [2.75, 3.05) is 19.6 Å². The van der Waals surface area contributed by atoms with Gasteiger partial charge in [0.05, 0.1) is 23.2 Å². The molecule has 1 aliphatic rings. The van der Waals surface area contributed by atoms with Crippen molar-refractivity contribution < 1.29 is 4.79 Å². The van der Waals surface area contributed by atoms with Crippen molar-refractivity contribution in [2.24, 2.45) is 0 Å². The molecule has 0 bridgehead atoms. The van der Waals surface area contributed by atoms with E-state index in [0.717, 1.165) is 35.4 Å². The van der Waals surface area contributed by atoms with Crippen LogP contribution in [0, 0.1) is 6.92 Å². The van der Waals surface area contributed by atoms with E-state index in [1.54, 1.807) is 12.4 Å². The van der Waals surface area contributed by atoms with Gasteiger partial charge in [0.1, 0.15) is 0 Å². The Hall–Kier alpha value is -2.80. The first-order valence-corrected chi connectivity index (χ1v) is 9.32. The van der Waals surface area contributed by atoms with Gasteiger partial charge in [-0.3, -0.25) is 9.78 Å². The number of piperazine rings is 1. The Morgan fingerprint density at radius 2 is 2.19 bits per heavy atom. The molecule has 0 radical (unpaired) electrons. The van der Waals surface area contributed by atoms with Gasteiger partial charge in [-0.25, -0.2) is 9.67 Å². The molecular formula is C20H24N6O. The van der Waals surface area contributed by atoms with Gasteiger partial charge in [0, 0.05) is 43.8 Å². The Bertz CT molecular complexity index is 965. The average molecular weight is 364 g/mol. The van der Waals surface area contributed by atoms with Gasteiger partial charge >= 0.3 is 0 Å². The van der Waals surface area contributed by atoms with Crippen LogP contribution in [0.15, 0.2) is 36.8 Å². The fourth-order valence-electron chi connectivity index (χ4n) is 3.67. The minimum absolute atomic E-state index is 0.0177. The van der Waals surface area contributed by atoms with Gasteiger partial charge in [-0.1, -0.05) is 6.07 Å². The lowest BCUT2D eigenvalue weighted by Gasteiger charge is -2.36. The second-order valence-corrected chi connectivity index (χ2v) is 7.24. The van der Waals surface area contributed by atoms with Crippen molar-refractivity contribution in [1.82, 2.24) is 30.0 Å². The summed E-state index contributed by atoms with van der Waals surface area (Å²) in [5, 5.41) is 8.66. The summed E-state index contributed by atoms with van der Waals surface area (Å²) >= 11 is 0. The highest BCUT2D eigenvalue weighted by molar-refractivity contribution is 6.05. The number of nitrogens with zero attached hydrogens (tertiary/aromatic N) is 5. The third-order valence-corrected chi connectivity index (χ3v) is 4.99. The molecule has 0 aromatic carbocycles. The molecule has 3 aromatic heterocycles. The molecule has 7 heteroatoms. The fourth-order valence-corrected chi connectivity index (χ4v) is 3.67. The van der Waals surface area contributed by atoms with Crippen LogP contribution < -0.4 is 5.32 Å². The number of nitrogens with one attached hydrogen (secondary N) is 1. The van der Waals surface area contributed by atoms with Gasteiger partial charge < -0.3 is 10.2 Å². The van der Waals surface area contributed by atoms with Crippen molar-refractivity contribution in [2.45, 2.75) is 32.9 Å². The minimum atomic E-state index is -0.0383. The van der Waals surface area contributed by atoms with Crippen LogP contribution in [0.25, 0.3) is 11.0 Å². The second kappa shape index (κ2) is 7.08. The van der Waals surface area contributed by atoms with Gasteiger partial charge in [0.2, 0.25) is 0 Å². The predicted molar refractivity (Wildman–Crippen MR) is 104 cm³/mol. The molecule has 3 aromatic rings. The highest BCUT2D eigenvalue weighted by atomic mass is 16.2. The van der Waals surface area contributed by atoms with Gasteiger partial charge in [-0.2, -0.15) is 5.10 Å². The van der Waals surface area contributed by atoms with Crippen molar-refractivity contribution in [1.29, 1.82) is 0 Å². The molecule has 1 N–H and O–H groups in total. The zero-order valence-electron chi connectivity index (χ0n) is 15.9. The molecule has 1 saturated heterocycles. The monoisotopic (exact) mass is 364 g/mol. The number of hydrogen-bond donors (Lipinski definition) is 1. The van der Waals surface area contributed by atoms with E-state index in [1.807, 2.05) is 40.9 Å². The van der Waals surface area contributed by atoms with E-state index in [1.165, 1.54) is 0 Å². The van der Waals surface area contributed by atoms with Gasteiger partial charge in [-0.05, 0) is 38.5 Å². The summed E-state index contributed by atoms with van der Waals surface area (Å²) in [5.41, 5.74) is 3.29. The van der Waals surface area contributed by atoms with E-state index in [2.05, 4.69) is 34.2 Å². The van der Waals surface area contributed by atoms with Crippen LogP contribution in [0.4, 0.5) is 0 Å². The maximum Gasteiger partial charge on any atom is 0.255 e. The Morgan fingerprint density at radius 3 is 2.93 bits per heavy atom. The SMILES string of the molecule is Cc1cc(C(=O)N2CCNCC2c2cccnc2)c2cnn(C(C)C)c2n1. The quantitative estimate of drug-likeness (QED) is 0.773. The molecule has 0 saturated carbocycles. The van der Waals surface area contributed by atoms with Crippen LogP contribution in [0.5, 0.6) is 0 Å². The molecule has 140 valence electrons. The average Bonchev–Trinajstić information content (AvgIpc) is 3.11. The number of amides is 1. The molecule has 4 heterocycles. The van der Waals surface area contributed by atoms with E-state index in [0.29, 0.717) is 12.1 Å². The number of hydrogen-bond acceptors (Lipinski definition) is 5. The molecular weight excluding hydrogens is 340 g/mol. The highest BCUT2D eigenvalue weighted by Gasteiger charge is 2.30. The number of carbonyl (C=O) groups is 1. The molecule has 0 spiro atoms. The van der Waals surface area contributed by atoms with Gasteiger partial charge in [0.15, 0.2) is 5.65 Å². The van der Waals surface area contributed by atoms with Gasteiger partial charge in [0.25, 0.3) is 5.91 Å². The summed E-state index contributed by atoms with van der Waals surface area (Å²) in [7, 11) is 0. The summed E-state index contributed by atoms with van der Waals surface area (Å²) in [6.07, 6.45) is 5.35. The second-order valence-electron chi connectivity index (χ2n) is 7.24. The summed E-state index contributed by atoms with van der Waals surface area (Å²) < 4.78 is 1.87. The third-order valence-electron chi connectivity index (χ3n) is 4.99. The van der Waals surface area contributed by atoms with Crippen LogP contribution in [-0.4, -0.2) is 50.2 Å². The van der Waals surface area contributed by atoms with E-state index in [4.69, 9.17) is 0 Å². The van der Waals surface area contributed by atoms with Crippen molar-refractivity contribution in [3.05, 3.63) is 53.6 Å². The van der Waals surface area contributed by atoms with Crippen LogP contribution in [0.3, 0.4) is 0 Å². The summed E-state index contributed by atoms with van der Waals surface area (Å²) in [6.45, 7) is 8.19. The minimum Gasteiger partial charge on any atom is -0.329 e. The molecule has 0 aliphatic carbocycles. The largest absolute Gasteiger partial charge is 0.329 e. The van der Waals surface area contributed by atoms with E-state index in [9.17, 15) is 4.79 Å². The maximum atomic E-state index is 13.5. The Morgan fingerprint density at radius 1 is 1.33 bits per heavy atom. The van der Waals surface area contributed by atoms with E-state index in [-0.39, 0.29) is 18.0 Å². The van der Waals surface area contributed by atoms with Crippen molar-refractivity contribution >= 4 is 16.9 Å². The molecule has 1 unspecified atom stereocenters. The summed E-state index contributed by atoms with van der Waals surface area (Å²) in [6, 6.07) is 5.95. The Kier molecular flexibility index (Phi) is 4.61. The fraction of sp³-hybridized carbons (Fsp3) is 0.400. The van der Waals surface area contributed by atoms with Crippen molar-refractivity contribution in [3.63, 3.8) is 0 Å². The first kappa shape index (κ1) is 17.6. The first-order valence-electron chi connectivity index (χ1n) is 9.32. The Labute approximate surface area is 158 Å². The number of carbonyl (C=O) groups excluding carboxylic acids is 1. The summed E-state index contributed by atoms with van der Waals surface area (Å²) in [4.78, 5) is 24.3. The molecule has 1 atom stereocenters. The highest BCUT2D eigenvalue weighted by Crippen LogP contribution is 2.27. The zero-order chi connectivity index (χ0) is 19.0. The maximum absolute atomic E-state index is 13.5. The number of fused-ring (bicyclic) bond motifs is 1. The van der Waals surface area contributed by atoms with E-state index < -0.39 is 0 Å². The van der Waals surface area contributed by atoms with Crippen LogP contribution in [0.1, 0.15) is 47.5 Å².